The average Bonchev–Trinajstić information content (AvgIpc) is 2.59. The Hall–Kier alpha value is -1.25. The van der Waals surface area contributed by atoms with Gasteiger partial charge in [-0.1, -0.05) is 0 Å². The van der Waals surface area contributed by atoms with Gasteiger partial charge >= 0.3 is 12.4 Å². The zero-order chi connectivity index (χ0) is 13.3. The molecule has 17 heavy (non-hydrogen) atoms. The van der Waals surface area contributed by atoms with Crippen LogP contribution in [0.1, 0.15) is 18.0 Å². The number of alkyl halides is 6. The number of aromatic nitrogens is 2. The Morgan fingerprint density at radius 2 is 1.82 bits per heavy atom. The van der Waals surface area contributed by atoms with E-state index in [-0.39, 0.29) is 11.2 Å². The van der Waals surface area contributed by atoms with Crippen LogP contribution in [0.2, 0.25) is 0 Å². The lowest BCUT2D eigenvalue weighted by Crippen LogP contribution is -2.29. The minimum atomic E-state index is -4.71. The highest BCUT2D eigenvalue weighted by molar-refractivity contribution is 5.09. The number of halogens is 6. The van der Waals surface area contributed by atoms with Crippen molar-refractivity contribution >= 4 is 0 Å². The van der Waals surface area contributed by atoms with E-state index in [1.54, 1.807) is 0 Å². The Kier molecular flexibility index (Phi) is 3.70. The van der Waals surface area contributed by atoms with E-state index in [1.165, 1.54) is 0 Å². The van der Waals surface area contributed by atoms with Crippen LogP contribution in [0, 0.1) is 0 Å². The molecular formula is C8H9F6N3. The first-order valence-corrected chi connectivity index (χ1v) is 4.54. The van der Waals surface area contributed by atoms with E-state index in [1.807, 2.05) is 0 Å². The molecule has 3 nitrogen and oxygen atoms in total. The van der Waals surface area contributed by atoms with Crippen LogP contribution in [0.5, 0.6) is 0 Å². The molecule has 0 amide bonds. The van der Waals surface area contributed by atoms with E-state index in [2.05, 4.69) is 5.10 Å². The number of nitrogens with zero attached hydrogens (tertiary/aromatic N) is 2. The van der Waals surface area contributed by atoms with Gasteiger partial charge in [-0.3, -0.25) is 4.68 Å². The quantitative estimate of drug-likeness (QED) is 0.849. The fourth-order valence-corrected chi connectivity index (χ4v) is 1.26. The Bertz CT molecular complexity index is 366. The van der Waals surface area contributed by atoms with Gasteiger partial charge in [-0.2, -0.15) is 31.4 Å². The Morgan fingerprint density at radius 3 is 2.18 bits per heavy atom. The van der Waals surface area contributed by atoms with Gasteiger partial charge in [-0.25, -0.2) is 0 Å². The molecule has 0 fully saturated rings. The van der Waals surface area contributed by atoms with E-state index in [0.717, 1.165) is 0 Å². The largest absolute Gasteiger partial charge is 0.419 e. The number of hydrogen-bond donors (Lipinski definition) is 1. The Labute approximate surface area is 92.2 Å². The minimum Gasteiger partial charge on any atom is -0.330 e. The number of hydrogen-bond acceptors (Lipinski definition) is 2. The molecule has 1 aromatic heterocycles. The lowest BCUT2D eigenvalue weighted by atomic mass is 10.2. The third kappa shape index (κ3) is 3.35. The highest BCUT2D eigenvalue weighted by Crippen LogP contribution is 2.35. The smallest absolute Gasteiger partial charge is 0.330 e. The average molecular weight is 261 g/mol. The third-order valence-electron chi connectivity index (χ3n) is 2.07. The molecule has 9 heteroatoms. The standard InChI is InChI=1S/C8H9F6N3/c9-7(10,11)5-3-16-17(4-5)6(1-2-15)8(12,13)14/h3-4,6H,1-2,15H2. The maximum Gasteiger partial charge on any atom is 0.419 e. The van der Waals surface area contributed by atoms with Crippen molar-refractivity contribution in [3.05, 3.63) is 18.0 Å². The van der Waals surface area contributed by atoms with Crippen molar-refractivity contribution in [1.82, 2.24) is 9.78 Å². The fraction of sp³-hybridized carbons (Fsp3) is 0.625. The van der Waals surface area contributed by atoms with Crippen molar-refractivity contribution < 1.29 is 26.3 Å². The second-order valence-corrected chi connectivity index (χ2v) is 3.34. The van der Waals surface area contributed by atoms with E-state index < -0.39 is 30.4 Å². The molecule has 98 valence electrons. The van der Waals surface area contributed by atoms with Crippen molar-refractivity contribution in [3.8, 4) is 0 Å². The van der Waals surface area contributed by atoms with Crippen LogP contribution in [0.4, 0.5) is 26.3 Å². The van der Waals surface area contributed by atoms with E-state index in [0.29, 0.717) is 12.4 Å². The second-order valence-electron chi connectivity index (χ2n) is 3.34. The summed E-state index contributed by atoms with van der Waals surface area (Å²) in [6.07, 6.45) is -9.24. The molecule has 0 bridgehead atoms. The molecule has 0 aliphatic rings. The SMILES string of the molecule is NCCC(n1cc(C(F)(F)F)cn1)C(F)(F)F. The van der Waals surface area contributed by atoms with Crippen molar-refractivity contribution in [1.29, 1.82) is 0 Å². The summed E-state index contributed by atoms with van der Waals surface area (Å²) in [5, 5.41) is 3.09. The lowest BCUT2D eigenvalue weighted by molar-refractivity contribution is -0.171. The highest BCUT2D eigenvalue weighted by atomic mass is 19.4. The van der Waals surface area contributed by atoms with Gasteiger partial charge in [0.1, 0.15) is 6.04 Å². The summed E-state index contributed by atoms with van der Waals surface area (Å²) in [5.74, 6) is 0. The summed E-state index contributed by atoms with van der Waals surface area (Å²) in [4.78, 5) is 0. The van der Waals surface area contributed by atoms with Crippen molar-refractivity contribution in [2.24, 2.45) is 5.73 Å². The molecule has 1 heterocycles. The van der Waals surface area contributed by atoms with Crippen LogP contribution in [-0.4, -0.2) is 22.5 Å². The molecule has 1 rings (SSSR count). The van der Waals surface area contributed by atoms with Gasteiger partial charge in [0.05, 0.1) is 11.8 Å². The monoisotopic (exact) mass is 261 g/mol. The molecule has 0 spiro atoms. The first-order valence-electron chi connectivity index (χ1n) is 4.54. The fourth-order valence-electron chi connectivity index (χ4n) is 1.26. The normalized spacial score (nSPS) is 15.0. The molecule has 0 radical (unpaired) electrons. The zero-order valence-electron chi connectivity index (χ0n) is 8.39. The predicted molar refractivity (Wildman–Crippen MR) is 46.0 cm³/mol. The lowest BCUT2D eigenvalue weighted by Gasteiger charge is -2.19. The molecule has 0 saturated heterocycles. The van der Waals surface area contributed by atoms with Gasteiger partial charge < -0.3 is 5.73 Å². The molecule has 0 saturated carbocycles. The molecule has 1 aromatic rings. The molecule has 1 atom stereocenters. The summed E-state index contributed by atoms with van der Waals surface area (Å²) in [5.41, 5.74) is 3.77. The minimum absolute atomic E-state index is 0.246. The van der Waals surface area contributed by atoms with Crippen LogP contribution < -0.4 is 5.73 Å². The van der Waals surface area contributed by atoms with Crippen LogP contribution in [0.15, 0.2) is 12.4 Å². The van der Waals surface area contributed by atoms with E-state index in [4.69, 9.17) is 5.73 Å². The highest BCUT2D eigenvalue weighted by Gasteiger charge is 2.42. The van der Waals surface area contributed by atoms with Crippen molar-refractivity contribution in [2.45, 2.75) is 24.8 Å². The van der Waals surface area contributed by atoms with E-state index >= 15 is 0 Å². The summed E-state index contributed by atoms with van der Waals surface area (Å²) in [6.45, 7) is -0.300. The van der Waals surface area contributed by atoms with Crippen molar-refractivity contribution in [3.63, 3.8) is 0 Å². The van der Waals surface area contributed by atoms with Gasteiger partial charge in [0.25, 0.3) is 0 Å². The summed E-state index contributed by atoms with van der Waals surface area (Å²) in [7, 11) is 0. The molecule has 1 unspecified atom stereocenters. The maximum absolute atomic E-state index is 12.5. The van der Waals surface area contributed by atoms with Gasteiger partial charge in [-0.05, 0) is 13.0 Å². The topological polar surface area (TPSA) is 43.8 Å². The van der Waals surface area contributed by atoms with Crippen LogP contribution in [0.25, 0.3) is 0 Å². The number of rotatable bonds is 3. The number of nitrogens with two attached hydrogens (primary N) is 1. The molecular weight excluding hydrogens is 252 g/mol. The van der Waals surface area contributed by atoms with Crippen LogP contribution >= 0.6 is 0 Å². The first kappa shape index (κ1) is 13.8. The molecule has 2 N–H and O–H groups in total. The second kappa shape index (κ2) is 4.55. The summed E-state index contributed by atoms with van der Waals surface area (Å²) in [6, 6.07) is -2.14. The molecule has 0 aromatic carbocycles. The van der Waals surface area contributed by atoms with Gasteiger partial charge in [0, 0.05) is 6.20 Å². The predicted octanol–water partition coefficient (Wildman–Crippen LogP) is 2.35. The zero-order valence-corrected chi connectivity index (χ0v) is 8.39. The Morgan fingerprint density at radius 1 is 1.24 bits per heavy atom. The molecule has 0 aliphatic heterocycles. The van der Waals surface area contributed by atoms with Crippen LogP contribution in [-0.2, 0) is 6.18 Å². The van der Waals surface area contributed by atoms with Gasteiger partial charge in [0.2, 0.25) is 0 Å². The Balaban J connectivity index is 3.01. The summed E-state index contributed by atoms with van der Waals surface area (Å²) >= 11 is 0. The van der Waals surface area contributed by atoms with Gasteiger partial charge in [-0.15, -0.1) is 0 Å². The van der Waals surface area contributed by atoms with Gasteiger partial charge in [0.15, 0.2) is 0 Å². The van der Waals surface area contributed by atoms with Crippen LogP contribution in [0.3, 0.4) is 0 Å². The molecule has 0 aliphatic carbocycles. The third-order valence-corrected chi connectivity index (χ3v) is 2.07. The van der Waals surface area contributed by atoms with Crippen molar-refractivity contribution in [2.75, 3.05) is 6.54 Å². The summed E-state index contributed by atoms with van der Waals surface area (Å²) < 4.78 is 74.3. The first-order chi connectivity index (χ1) is 7.66. The van der Waals surface area contributed by atoms with E-state index in [9.17, 15) is 26.3 Å². The maximum atomic E-state index is 12.5.